The lowest BCUT2D eigenvalue weighted by molar-refractivity contribution is -0.150. The highest BCUT2D eigenvalue weighted by atomic mass is 16.6. The van der Waals surface area contributed by atoms with Gasteiger partial charge in [-0.2, -0.15) is 0 Å². The van der Waals surface area contributed by atoms with Crippen molar-refractivity contribution >= 4 is 18.2 Å². The van der Waals surface area contributed by atoms with Crippen LogP contribution in [-0.4, -0.2) is 55.9 Å². The van der Waals surface area contributed by atoms with E-state index >= 15 is 0 Å². The molecule has 0 aliphatic heterocycles. The molecule has 7 heteroatoms. The third-order valence-corrected chi connectivity index (χ3v) is 8.80. The van der Waals surface area contributed by atoms with Crippen LogP contribution in [0.15, 0.2) is 0 Å². The summed E-state index contributed by atoms with van der Waals surface area (Å²) < 4.78 is 6.01. The van der Waals surface area contributed by atoms with Crippen LogP contribution in [0.4, 0.5) is 0 Å². The smallest absolute Gasteiger partial charge is 0.306 e. The van der Waals surface area contributed by atoms with E-state index in [1.54, 1.807) is 0 Å². The number of unbranched alkanes of at least 4 members (excludes halogenated alkanes) is 19. The molecule has 1 N–H and O–H groups in total. The number of hydrogen-bond donors (Lipinski definition) is 1. The molecule has 0 bridgehead atoms. The maximum atomic E-state index is 12.7. The summed E-state index contributed by atoms with van der Waals surface area (Å²) in [6.45, 7) is 7.55. The molecule has 0 aliphatic carbocycles. The Morgan fingerprint density at radius 2 is 1.07 bits per heavy atom. The van der Waals surface area contributed by atoms with Gasteiger partial charge in [0.1, 0.15) is 12.4 Å². The van der Waals surface area contributed by atoms with Crippen LogP contribution < -0.4 is 5.48 Å². The second kappa shape index (κ2) is 35.4. The van der Waals surface area contributed by atoms with Crippen molar-refractivity contribution in [2.24, 2.45) is 0 Å². The molecule has 0 aromatic heterocycles. The Morgan fingerprint density at radius 1 is 0.600 bits per heavy atom. The molecule has 7 nitrogen and oxygen atoms in total. The SMILES string of the molecule is CCCCCCCCC(CCCCCCCC)OC(=O)CCCCCCCN(CCCCCCCC=O)CCCC(=O)NOC. The van der Waals surface area contributed by atoms with Crippen molar-refractivity contribution in [3.05, 3.63) is 0 Å². The van der Waals surface area contributed by atoms with Crippen molar-refractivity contribution in [1.82, 2.24) is 10.4 Å². The molecule has 45 heavy (non-hydrogen) atoms. The van der Waals surface area contributed by atoms with Crippen LogP contribution in [0.3, 0.4) is 0 Å². The minimum Gasteiger partial charge on any atom is -0.462 e. The highest BCUT2D eigenvalue weighted by Crippen LogP contribution is 2.18. The van der Waals surface area contributed by atoms with Crippen molar-refractivity contribution in [2.75, 3.05) is 26.7 Å². The Bertz CT molecular complexity index is 644. The maximum absolute atomic E-state index is 12.7. The Balaban J connectivity index is 4.30. The summed E-state index contributed by atoms with van der Waals surface area (Å²) in [6.07, 6.45) is 32.2. The van der Waals surface area contributed by atoms with Crippen molar-refractivity contribution in [3.63, 3.8) is 0 Å². The van der Waals surface area contributed by atoms with Crippen LogP contribution in [0.1, 0.15) is 194 Å². The van der Waals surface area contributed by atoms with Crippen LogP contribution in [0.25, 0.3) is 0 Å². The van der Waals surface area contributed by atoms with E-state index in [-0.39, 0.29) is 18.0 Å². The third kappa shape index (κ3) is 32.3. The van der Waals surface area contributed by atoms with E-state index in [1.807, 2.05) is 0 Å². The third-order valence-electron chi connectivity index (χ3n) is 8.80. The average molecular weight is 639 g/mol. The van der Waals surface area contributed by atoms with Gasteiger partial charge in [-0.1, -0.05) is 117 Å². The minimum absolute atomic E-state index is 0.00631. The topological polar surface area (TPSA) is 84.9 Å². The second-order valence-corrected chi connectivity index (χ2v) is 13.1. The summed E-state index contributed by atoms with van der Waals surface area (Å²) in [6, 6.07) is 0. The molecule has 0 heterocycles. The van der Waals surface area contributed by atoms with Crippen molar-refractivity contribution in [2.45, 2.75) is 200 Å². The first-order valence-corrected chi connectivity index (χ1v) is 19.2. The molecule has 0 rings (SSSR count). The number of carbonyl (C=O) groups is 3. The molecule has 0 aromatic rings. The fourth-order valence-corrected chi connectivity index (χ4v) is 6.00. The van der Waals surface area contributed by atoms with Crippen LogP contribution in [0.2, 0.25) is 0 Å². The normalized spacial score (nSPS) is 11.4. The number of amides is 1. The molecule has 0 fully saturated rings. The first-order valence-electron chi connectivity index (χ1n) is 19.2. The van der Waals surface area contributed by atoms with Crippen LogP contribution in [0, 0.1) is 0 Å². The van der Waals surface area contributed by atoms with Crippen LogP contribution in [0.5, 0.6) is 0 Å². The zero-order valence-electron chi connectivity index (χ0n) is 30.1. The van der Waals surface area contributed by atoms with Gasteiger partial charge >= 0.3 is 5.97 Å². The number of esters is 1. The highest BCUT2D eigenvalue weighted by Gasteiger charge is 2.14. The minimum atomic E-state index is -0.0673. The average Bonchev–Trinajstić information content (AvgIpc) is 3.03. The highest BCUT2D eigenvalue weighted by molar-refractivity contribution is 5.74. The first-order chi connectivity index (χ1) is 22.1. The lowest BCUT2D eigenvalue weighted by Gasteiger charge is -2.22. The summed E-state index contributed by atoms with van der Waals surface area (Å²) in [4.78, 5) is 42.1. The molecule has 266 valence electrons. The molecule has 1 amide bonds. The van der Waals surface area contributed by atoms with Crippen molar-refractivity contribution < 1.29 is 24.0 Å². The lowest BCUT2D eigenvalue weighted by atomic mass is 10.0. The fraction of sp³-hybridized carbons (Fsp3) is 0.921. The number of nitrogens with zero attached hydrogens (tertiary/aromatic N) is 1. The Hall–Kier alpha value is -1.47. The number of nitrogens with one attached hydrogen (secondary N) is 1. The molecule has 0 spiro atoms. The molecule has 0 unspecified atom stereocenters. The molecular weight excluding hydrogens is 564 g/mol. The first kappa shape index (κ1) is 43.5. The molecular formula is C38H74N2O5. The van der Waals surface area contributed by atoms with Gasteiger partial charge in [0.2, 0.25) is 5.91 Å². The number of aldehydes is 1. The molecule has 0 saturated carbocycles. The summed E-state index contributed by atoms with van der Waals surface area (Å²) in [7, 11) is 1.47. The van der Waals surface area contributed by atoms with Gasteiger partial charge in [-0.05, 0) is 77.4 Å². The fourth-order valence-electron chi connectivity index (χ4n) is 6.00. The standard InChI is InChI=1S/C38H74N2O5/c1-4-6-8-10-15-21-28-36(29-22-16-11-9-7-5-2)45-38(43)31-23-17-14-19-25-33-40(34-27-30-37(42)39-44-3)32-24-18-12-13-20-26-35-41/h35-36H,4-34H2,1-3H3,(H,39,42). The van der Waals surface area contributed by atoms with Gasteiger partial charge in [0.25, 0.3) is 0 Å². The second-order valence-electron chi connectivity index (χ2n) is 13.1. The predicted molar refractivity (Wildman–Crippen MR) is 188 cm³/mol. The molecule has 0 saturated heterocycles. The summed E-state index contributed by atoms with van der Waals surface area (Å²) in [5, 5.41) is 0. The van der Waals surface area contributed by atoms with Gasteiger partial charge in [-0.15, -0.1) is 0 Å². The van der Waals surface area contributed by atoms with E-state index in [9.17, 15) is 14.4 Å². The van der Waals surface area contributed by atoms with E-state index in [4.69, 9.17) is 9.57 Å². The largest absolute Gasteiger partial charge is 0.462 e. The van der Waals surface area contributed by atoms with Crippen LogP contribution in [-0.2, 0) is 24.0 Å². The Labute approximate surface area is 278 Å². The van der Waals surface area contributed by atoms with Gasteiger partial charge in [-0.3, -0.25) is 14.4 Å². The van der Waals surface area contributed by atoms with Gasteiger partial charge in [0, 0.05) is 19.3 Å². The Morgan fingerprint density at radius 3 is 1.60 bits per heavy atom. The van der Waals surface area contributed by atoms with E-state index in [2.05, 4.69) is 24.2 Å². The number of ether oxygens (including phenoxy) is 1. The maximum Gasteiger partial charge on any atom is 0.306 e. The van der Waals surface area contributed by atoms with Crippen molar-refractivity contribution in [3.8, 4) is 0 Å². The van der Waals surface area contributed by atoms with E-state index in [1.165, 1.54) is 103 Å². The van der Waals surface area contributed by atoms with Gasteiger partial charge < -0.3 is 14.4 Å². The predicted octanol–water partition coefficient (Wildman–Crippen LogP) is 10.0. The van der Waals surface area contributed by atoms with E-state index < -0.39 is 0 Å². The molecule has 0 radical (unpaired) electrons. The molecule has 0 aromatic carbocycles. The van der Waals surface area contributed by atoms with Gasteiger partial charge in [-0.25, -0.2) is 5.48 Å². The number of hydrogen-bond acceptors (Lipinski definition) is 6. The number of carbonyl (C=O) groups excluding carboxylic acids is 3. The zero-order chi connectivity index (χ0) is 33.1. The number of hydroxylamine groups is 1. The summed E-state index contributed by atoms with van der Waals surface area (Å²) >= 11 is 0. The Kier molecular flexibility index (Phi) is 34.2. The zero-order valence-corrected chi connectivity index (χ0v) is 30.1. The summed E-state index contributed by atoms with van der Waals surface area (Å²) in [5.74, 6) is -0.0610. The molecule has 0 atom stereocenters. The van der Waals surface area contributed by atoms with Gasteiger partial charge in [0.15, 0.2) is 0 Å². The number of rotatable bonds is 36. The molecule has 0 aliphatic rings. The monoisotopic (exact) mass is 639 g/mol. The van der Waals surface area contributed by atoms with Crippen molar-refractivity contribution in [1.29, 1.82) is 0 Å². The lowest BCUT2D eigenvalue weighted by Crippen LogP contribution is -2.29. The van der Waals surface area contributed by atoms with Gasteiger partial charge in [0.05, 0.1) is 7.11 Å². The van der Waals surface area contributed by atoms with E-state index in [0.717, 1.165) is 90.1 Å². The quantitative estimate of drug-likeness (QED) is 0.0318. The summed E-state index contributed by atoms with van der Waals surface area (Å²) in [5.41, 5.74) is 2.41. The van der Waals surface area contributed by atoms with Crippen LogP contribution >= 0.6 is 0 Å². The van der Waals surface area contributed by atoms with E-state index in [0.29, 0.717) is 19.3 Å².